The molecule has 40 heavy (non-hydrogen) atoms. The molecule has 1 aliphatic heterocycles. The molecular formula is C30H36F2N2O6. The molecule has 4 aliphatic carbocycles. The van der Waals surface area contributed by atoms with Crippen LogP contribution >= 0.6 is 0 Å². The van der Waals surface area contributed by atoms with Crippen LogP contribution in [0.3, 0.4) is 0 Å². The molecule has 0 amide bonds. The maximum absolute atomic E-state index is 17.5. The van der Waals surface area contributed by atoms with E-state index in [1.54, 1.807) is 25.1 Å². The number of fused-ring (bicyclic) bond motifs is 7. The standard InChI is InChI=1S/C30H36F2N2O6/c1-4-6-26-39-23-13-17-18-12-20(31)19-11-16(35)9-10-27(19,2)29(18,32)21(36)14-28(17,3)30(23,40-26)22(37)15-38-25-8-5-7-24(33)34-25/h5,7-11,17-18,20-21,23,26,36H,4,6,12-15H2,1-3H3,(H2,33,34)/t17?,18?,20-,21?,23?,26?,27?,28?,29-,30?/m0/s1. The summed E-state index contributed by atoms with van der Waals surface area (Å²) in [5.74, 6) is -1.86. The van der Waals surface area contributed by atoms with E-state index >= 15 is 8.78 Å². The predicted molar refractivity (Wildman–Crippen MR) is 141 cm³/mol. The molecule has 4 fully saturated rings. The van der Waals surface area contributed by atoms with Gasteiger partial charge < -0.3 is 25.1 Å². The zero-order valence-electron chi connectivity index (χ0n) is 22.9. The number of nitrogens with two attached hydrogens (primary N) is 1. The number of aliphatic hydroxyl groups excluding tert-OH is 1. The lowest BCUT2D eigenvalue weighted by Crippen LogP contribution is -2.71. The number of carbonyl (C=O) groups is 2. The fourth-order valence-electron chi connectivity index (χ4n) is 8.64. The van der Waals surface area contributed by atoms with Gasteiger partial charge in [-0.15, -0.1) is 0 Å². The second-order valence-corrected chi connectivity index (χ2v) is 12.4. The number of halogens is 2. The van der Waals surface area contributed by atoms with Crippen molar-refractivity contribution in [3.63, 3.8) is 0 Å². The summed E-state index contributed by atoms with van der Waals surface area (Å²) in [7, 11) is 0. The maximum atomic E-state index is 17.5. The van der Waals surface area contributed by atoms with Gasteiger partial charge >= 0.3 is 0 Å². The molecule has 8 nitrogen and oxygen atoms in total. The topological polar surface area (TPSA) is 121 Å². The fraction of sp³-hybridized carbons (Fsp3) is 0.633. The van der Waals surface area contributed by atoms with Crippen molar-refractivity contribution in [2.75, 3.05) is 12.3 Å². The number of alkyl halides is 2. The van der Waals surface area contributed by atoms with Gasteiger partial charge in [-0.05, 0) is 62.3 Å². The van der Waals surface area contributed by atoms with Gasteiger partial charge in [-0.3, -0.25) is 9.59 Å². The number of ketones is 2. The lowest BCUT2D eigenvalue weighted by Gasteiger charge is -2.63. The Bertz CT molecular complexity index is 1300. The maximum Gasteiger partial charge on any atom is 0.215 e. The van der Waals surface area contributed by atoms with Crippen LogP contribution in [0.15, 0.2) is 42.0 Å². The molecule has 1 saturated heterocycles. The second-order valence-electron chi connectivity index (χ2n) is 12.4. The summed E-state index contributed by atoms with van der Waals surface area (Å²) in [6.45, 7) is 4.98. The van der Waals surface area contributed by atoms with Gasteiger partial charge in [0.25, 0.3) is 0 Å². The number of carbonyl (C=O) groups excluding carboxylic acids is 2. The van der Waals surface area contributed by atoms with E-state index in [1.165, 1.54) is 18.2 Å². The molecule has 8 unspecified atom stereocenters. The fourth-order valence-corrected chi connectivity index (χ4v) is 8.64. The number of allylic oxidation sites excluding steroid dienone is 4. The van der Waals surface area contributed by atoms with Crippen LogP contribution in [0.2, 0.25) is 0 Å². The number of aromatic nitrogens is 1. The smallest absolute Gasteiger partial charge is 0.215 e. The predicted octanol–water partition coefficient (Wildman–Crippen LogP) is 3.82. The van der Waals surface area contributed by atoms with Gasteiger partial charge in [0.15, 0.2) is 29.9 Å². The number of nitrogens with zero attached hydrogens (tertiary/aromatic N) is 1. The summed E-state index contributed by atoms with van der Waals surface area (Å²) in [6.07, 6.45) is 0.609. The number of hydrogen-bond donors (Lipinski definition) is 2. The number of ether oxygens (including phenoxy) is 3. The van der Waals surface area contributed by atoms with E-state index in [-0.39, 0.29) is 43.1 Å². The first-order chi connectivity index (χ1) is 18.9. The Balaban J connectivity index is 1.39. The van der Waals surface area contributed by atoms with Gasteiger partial charge in [-0.25, -0.2) is 8.78 Å². The molecule has 216 valence electrons. The number of pyridine rings is 1. The number of rotatable bonds is 6. The zero-order chi connectivity index (χ0) is 28.7. The van der Waals surface area contributed by atoms with Crippen LogP contribution in [-0.4, -0.2) is 64.2 Å². The molecule has 0 bridgehead atoms. The SMILES string of the molecule is CCCC1OC2CC3C4C[C@H](F)C5=CC(=O)C=CC5(C)[C@@]4(F)C(O)CC3(C)C2(C(=O)COc2cccc(N)n2)O1. The van der Waals surface area contributed by atoms with Crippen LogP contribution in [0, 0.1) is 22.7 Å². The van der Waals surface area contributed by atoms with E-state index in [0.29, 0.717) is 6.42 Å². The molecule has 6 rings (SSSR count). The minimum atomic E-state index is -2.25. The summed E-state index contributed by atoms with van der Waals surface area (Å²) >= 11 is 0. The summed E-state index contributed by atoms with van der Waals surface area (Å²) in [5, 5.41) is 11.6. The van der Waals surface area contributed by atoms with E-state index in [2.05, 4.69) is 4.98 Å². The lowest BCUT2D eigenvalue weighted by molar-refractivity contribution is -0.234. The van der Waals surface area contributed by atoms with Crippen molar-refractivity contribution in [1.82, 2.24) is 4.98 Å². The van der Waals surface area contributed by atoms with Crippen LogP contribution in [0.5, 0.6) is 5.88 Å². The Morgan fingerprint density at radius 1 is 1.27 bits per heavy atom. The van der Waals surface area contributed by atoms with Gasteiger partial charge in [0.05, 0.1) is 12.2 Å². The van der Waals surface area contributed by atoms with Crippen LogP contribution in [-0.2, 0) is 19.1 Å². The molecular weight excluding hydrogens is 522 g/mol. The van der Waals surface area contributed by atoms with E-state index in [1.807, 2.05) is 13.8 Å². The van der Waals surface area contributed by atoms with Gasteiger partial charge in [0.1, 0.15) is 12.0 Å². The Labute approximate surface area is 231 Å². The van der Waals surface area contributed by atoms with Crippen molar-refractivity contribution in [1.29, 1.82) is 0 Å². The minimum absolute atomic E-state index is 0.0592. The largest absolute Gasteiger partial charge is 0.469 e. The van der Waals surface area contributed by atoms with Crippen molar-refractivity contribution in [3.05, 3.63) is 42.0 Å². The van der Waals surface area contributed by atoms with Crippen molar-refractivity contribution >= 4 is 17.4 Å². The van der Waals surface area contributed by atoms with E-state index < -0.39 is 70.2 Å². The third-order valence-electron chi connectivity index (χ3n) is 10.5. The molecule has 5 aliphatic rings. The molecule has 0 spiro atoms. The molecule has 3 N–H and O–H groups in total. The highest BCUT2D eigenvalue weighted by Crippen LogP contribution is 2.72. The number of nitrogen functional groups attached to an aromatic ring is 1. The number of hydrogen-bond acceptors (Lipinski definition) is 8. The Kier molecular flexibility index (Phi) is 6.29. The molecule has 10 atom stereocenters. The first kappa shape index (κ1) is 27.5. The Morgan fingerprint density at radius 2 is 2.05 bits per heavy atom. The highest BCUT2D eigenvalue weighted by molar-refractivity contribution is 6.01. The quantitative estimate of drug-likeness (QED) is 0.541. The molecule has 3 saturated carbocycles. The monoisotopic (exact) mass is 558 g/mol. The highest BCUT2D eigenvalue weighted by atomic mass is 19.1. The average Bonchev–Trinajstić information content (AvgIpc) is 3.38. The second kappa shape index (κ2) is 9.16. The normalized spacial score (nSPS) is 45.2. The molecule has 0 aromatic carbocycles. The summed E-state index contributed by atoms with van der Waals surface area (Å²) in [4.78, 5) is 30.3. The van der Waals surface area contributed by atoms with Crippen molar-refractivity contribution in [2.24, 2.45) is 22.7 Å². The third kappa shape index (κ3) is 3.48. The first-order valence-corrected chi connectivity index (χ1v) is 14.1. The Morgan fingerprint density at radius 3 is 2.77 bits per heavy atom. The lowest BCUT2D eigenvalue weighted by atomic mass is 9.44. The molecule has 0 radical (unpaired) electrons. The summed E-state index contributed by atoms with van der Waals surface area (Å²) in [6, 6.07) is 4.85. The van der Waals surface area contributed by atoms with Crippen LogP contribution in [0.25, 0.3) is 0 Å². The number of Topliss-reactive ketones (excluding diaryl/α,β-unsaturated/α-hetero) is 1. The van der Waals surface area contributed by atoms with Gasteiger partial charge in [-0.2, -0.15) is 4.98 Å². The van der Waals surface area contributed by atoms with Crippen LogP contribution in [0.4, 0.5) is 14.6 Å². The van der Waals surface area contributed by atoms with Crippen molar-refractivity contribution in [2.45, 2.75) is 88.8 Å². The van der Waals surface area contributed by atoms with Crippen LogP contribution < -0.4 is 10.5 Å². The number of anilines is 1. The Hall–Kier alpha value is -2.69. The first-order valence-electron chi connectivity index (χ1n) is 14.1. The summed E-state index contributed by atoms with van der Waals surface area (Å²) in [5.41, 5.74) is -0.547. The van der Waals surface area contributed by atoms with Crippen LogP contribution in [0.1, 0.15) is 52.9 Å². The number of aliphatic hydroxyl groups is 1. The molecule has 1 aromatic rings. The molecule has 2 heterocycles. The highest BCUT2D eigenvalue weighted by Gasteiger charge is 2.80. The van der Waals surface area contributed by atoms with E-state index in [9.17, 15) is 14.7 Å². The zero-order valence-corrected chi connectivity index (χ0v) is 22.9. The van der Waals surface area contributed by atoms with E-state index in [4.69, 9.17) is 19.9 Å². The molecule has 10 heteroatoms. The van der Waals surface area contributed by atoms with Crippen molar-refractivity contribution < 1.29 is 37.7 Å². The third-order valence-corrected chi connectivity index (χ3v) is 10.5. The van der Waals surface area contributed by atoms with E-state index in [0.717, 1.165) is 6.42 Å². The van der Waals surface area contributed by atoms with Gasteiger partial charge in [0.2, 0.25) is 11.7 Å². The molecule has 1 aromatic heterocycles. The average molecular weight is 559 g/mol. The van der Waals surface area contributed by atoms with Gasteiger partial charge in [0, 0.05) is 22.8 Å². The van der Waals surface area contributed by atoms with Gasteiger partial charge in [-0.1, -0.05) is 32.4 Å². The minimum Gasteiger partial charge on any atom is -0.469 e. The van der Waals surface area contributed by atoms with Crippen molar-refractivity contribution in [3.8, 4) is 5.88 Å². The summed E-state index contributed by atoms with van der Waals surface area (Å²) < 4.78 is 51.8.